The Morgan fingerprint density at radius 2 is 2.06 bits per heavy atom. The van der Waals surface area contributed by atoms with Crippen molar-refractivity contribution in [3.63, 3.8) is 0 Å². The SMILES string of the molecule is COC(C)(C)c1noc(C2(CN)CCOCC2)n1. The number of nitrogens with two attached hydrogens (primary N) is 1. The summed E-state index contributed by atoms with van der Waals surface area (Å²) in [6.45, 7) is 5.66. The number of rotatable bonds is 4. The average Bonchev–Trinajstić information content (AvgIpc) is 2.90. The van der Waals surface area contributed by atoms with Crippen molar-refractivity contribution in [3.8, 4) is 0 Å². The average molecular weight is 255 g/mol. The van der Waals surface area contributed by atoms with Crippen molar-refractivity contribution in [1.29, 1.82) is 0 Å². The van der Waals surface area contributed by atoms with Gasteiger partial charge in [-0.1, -0.05) is 5.16 Å². The van der Waals surface area contributed by atoms with Crippen LogP contribution in [-0.2, 0) is 20.5 Å². The predicted molar refractivity (Wildman–Crippen MR) is 65.1 cm³/mol. The molecule has 0 atom stereocenters. The maximum atomic E-state index is 5.91. The van der Waals surface area contributed by atoms with Gasteiger partial charge in [-0.15, -0.1) is 0 Å². The molecule has 0 aliphatic carbocycles. The zero-order chi connectivity index (χ0) is 13.2. The molecule has 2 heterocycles. The number of hydrogen-bond donors (Lipinski definition) is 1. The topological polar surface area (TPSA) is 83.4 Å². The van der Waals surface area contributed by atoms with Crippen molar-refractivity contribution < 1.29 is 14.0 Å². The number of hydrogen-bond acceptors (Lipinski definition) is 6. The molecule has 0 spiro atoms. The van der Waals surface area contributed by atoms with E-state index in [0.717, 1.165) is 12.8 Å². The standard InChI is InChI=1S/C12H21N3O3/c1-11(2,16-3)9-14-10(18-15-9)12(8-13)4-6-17-7-5-12/h4-8,13H2,1-3H3. The van der Waals surface area contributed by atoms with Crippen LogP contribution in [0.4, 0.5) is 0 Å². The van der Waals surface area contributed by atoms with Crippen LogP contribution in [0, 0.1) is 0 Å². The lowest BCUT2D eigenvalue weighted by molar-refractivity contribution is 0.00972. The minimum Gasteiger partial charge on any atom is -0.381 e. The van der Waals surface area contributed by atoms with Crippen molar-refractivity contribution in [2.24, 2.45) is 5.73 Å². The Morgan fingerprint density at radius 3 is 2.61 bits per heavy atom. The molecule has 6 heteroatoms. The summed E-state index contributed by atoms with van der Waals surface area (Å²) in [4.78, 5) is 4.48. The molecule has 0 saturated carbocycles. The van der Waals surface area contributed by atoms with Crippen LogP contribution in [-0.4, -0.2) is 37.0 Å². The highest BCUT2D eigenvalue weighted by Crippen LogP contribution is 2.34. The number of nitrogens with zero attached hydrogens (tertiary/aromatic N) is 2. The summed E-state index contributed by atoms with van der Waals surface area (Å²) >= 11 is 0. The van der Waals surface area contributed by atoms with Crippen LogP contribution in [0.25, 0.3) is 0 Å². The van der Waals surface area contributed by atoms with Gasteiger partial charge >= 0.3 is 0 Å². The van der Waals surface area contributed by atoms with Gasteiger partial charge in [-0.25, -0.2) is 0 Å². The lowest BCUT2D eigenvalue weighted by atomic mass is 9.80. The zero-order valence-corrected chi connectivity index (χ0v) is 11.2. The third-order valence-corrected chi connectivity index (χ3v) is 3.77. The molecule has 2 N–H and O–H groups in total. The maximum Gasteiger partial charge on any atom is 0.234 e. The zero-order valence-electron chi connectivity index (χ0n) is 11.2. The highest BCUT2D eigenvalue weighted by atomic mass is 16.5. The summed E-state index contributed by atoms with van der Waals surface area (Å²) in [6, 6.07) is 0. The Hall–Kier alpha value is -0.980. The van der Waals surface area contributed by atoms with E-state index in [9.17, 15) is 0 Å². The van der Waals surface area contributed by atoms with E-state index in [-0.39, 0.29) is 5.41 Å². The van der Waals surface area contributed by atoms with E-state index >= 15 is 0 Å². The third kappa shape index (κ3) is 2.28. The first-order valence-corrected chi connectivity index (χ1v) is 6.22. The van der Waals surface area contributed by atoms with Gasteiger partial charge in [0.1, 0.15) is 5.60 Å². The molecule has 18 heavy (non-hydrogen) atoms. The molecular weight excluding hydrogens is 234 g/mol. The number of methoxy groups -OCH3 is 1. The second kappa shape index (κ2) is 4.95. The molecule has 0 unspecified atom stereocenters. The molecular formula is C12H21N3O3. The molecule has 1 aliphatic rings. The van der Waals surface area contributed by atoms with Crippen molar-refractivity contribution in [3.05, 3.63) is 11.7 Å². The Labute approximate surface area is 107 Å². The molecule has 1 aliphatic heterocycles. The molecule has 102 valence electrons. The summed E-state index contributed by atoms with van der Waals surface area (Å²) in [5.74, 6) is 1.16. The Bertz CT molecular complexity index is 397. The molecule has 1 aromatic heterocycles. The molecule has 0 radical (unpaired) electrons. The monoisotopic (exact) mass is 255 g/mol. The van der Waals surface area contributed by atoms with Gasteiger partial charge in [-0.05, 0) is 26.7 Å². The van der Waals surface area contributed by atoms with Gasteiger partial charge in [-0.2, -0.15) is 4.98 Å². The first kappa shape index (κ1) is 13.5. The highest BCUT2D eigenvalue weighted by molar-refractivity contribution is 5.09. The van der Waals surface area contributed by atoms with E-state index in [4.69, 9.17) is 19.7 Å². The van der Waals surface area contributed by atoms with Gasteiger partial charge in [0.15, 0.2) is 0 Å². The summed E-state index contributed by atoms with van der Waals surface area (Å²) in [5.41, 5.74) is 5.11. The molecule has 2 rings (SSSR count). The first-order chi connectivity index (χ1) is 8.54. The van der Waals surface area contributed by atoms with Gasteiger partial charge < -0.3 is 19.7 Å². The van der Waals surface area contributed by atoms with Crippen LogP contribution in [0.3, 0.4) is 0 Å². The van der Waals surface area contributed by atoms with Crippen molar-refractivity contribution in [1.82, 2.24) is 10.1 Å². The van der Waals surface area contributed by atoms with E-state index in [1.54, 1.807) is 7.11 Å². The largest absolute Gasteiger partial charge is 0.381 e. The van der Waals surface area contributed by atoms with E-state index in [1.807, 2.05) is 13.8 Å². The van der Waals surface area contributed by atoms with E-state index < -0.39 is 5.60 Å². The number of ether oxygens (including phenoxy) is 2. The number of aromatic nitrogens is 2. The second-order valence-corrected chi connectivity index (χ2v) is 5.23. The fourth-order valence-corrected chi connectivity index (χ4v) is 2.04. The van der Waals surface area contributed by atoms with Crippen LogP contribution >= 0.6 is 0 Å². The minimum absolute atomic E-state index is 0.243. The van der Waals surface area contributed by atoms with Crippen LogP contribution in [0.15, 0.2) is 4.52 Å². The fraction of sp³-hybridized carbons (Fsp3) is 0.833. The smallest absolute Gasteiger partial charge is 0.234 e. The Balaban J connectivity index is 2.28. The van der Waals surface area contributed by atoms with Gasteiger partial charge in [0.05, 0.1) is 5.41 Å². The minimum atomic E-state index is -0.553. The molecule has 1 aromatic rings. The summed E-state index contributed by atoms with van der Waals surface area (Å²) in [7, 11) is 1.63. The van der Waals surface area contributed by atoms with E-state index in [1.165, 1.54) is 0 Å². The lowest BCUT2D eigenvalue weighted by Gasteiger charge is -2.32. The first-order valence-electron chi connectivity index (χ1n) is 6.22. The van der Waals surface area contributed by atoms with E-state index in [2.05, 4.69) is 10.1 Å². The van der Waals surface area contributed by atoms with Crippen LogP contribution in [0.5, 0.6) is 0 Å². The molecule has 0 aromatic carbocycles. The van der Waals surface area contributed by atoms with Gasteiger partial charge in [0.2, 0.25) is 11.7 Å². The van der Waals surface area contributed by atoms with Gasteiger partial charge in [0, 0.05) is 26.9 Å². The van der Waals surface area contributed by atoms with Crippen molar-refractivity contribution in [2.45, 2.75) is 37.7 Å². The quantitative estimate of drug-likeness (QED) is 0.862. The normalized spacial score (nSPS) is 20.0. The maximum absolute atomic E-state index is 5.91. The fourth-order valence-electron chi connectivity index (χ4n) is 2.04. The molecule has 6 nitrogen and oxygen atoms in total. The van der Waals surface area contributed by atoms with Crippen LogP contribution in [0.2, 0.25) is 0 Å². The van der Waals surface area contributed by atoms with Crippen molar-refractivity contribution in [2.75, 3.05) is 26.9 Å². The Kier molecular flexibility index (Phi) is 3.70. The van der Waals surface area contributed by atoms with E-state index in [0.29, 0.717) is 31.5 Å². The lowest BCUT2D eigenvalue weighted by Crippen LogP contribution is -2.41. The predicted octanol–water partition coefficient (Wildman–Crippen LogP) is 0.958. The second-order valence-electron chi connectivity index (χ2n) is 5.23. The van der Waals surface area contributed by atoms with Crippen LogP contribution < -0.4 is 5.73 Å². The summed E-state index contributed by atoms with van der Waals surface area (Å²) < 4.78 is 16.1. The van der Waals surface area contributed by atoms with Crippen LogP contribution in [0.1, 0.15) is 38.4 Å². The molecule has 1 saturated heterocycles. The Morgan fingerprint density at radius 1 is 1.39 bits per heavy atom. The molecule has 1 fully saturated rings. The van der Waals surface area contributed by atoms with Gasteiger partial charge in [-0.3, -0.25) is 0 Å². The summed E-state index contributed by atoms with van der Waals surface area (Å²) in [5, 5.41) is 4.02. The summed E-state index contributed by atoms with van der Waals surface area (Å²) in [6.07, 6.45) is 1.64. The van der Waals surface area contributed by atoms with Gasteiger partial charge in [0.25, 0.3) is 0 Å². The molecule has 0 bridgehead atoms. The third-order valence-electron chi connectivity index (χ3n) is 3.77. The highest BCUT2D eigenvalue weighted by Gasteiger charge is 2.40. The molecule has 0 amide bonds. The van der Waals surface area contributed by atoms with Crippen molar-refractivity contribution >= 4 is 0 Å².